The standard InChI is InChI=1S/C10H9NO5/c1-5-2-3-6(9(13)14)7(4-5)11-8(12)10(15)16/h2-4H,1H3,(H,11,12)(H,13,14)(H,15,16). The predicted octanol–water partition coefficient (Wildman–Crippen LogP) is 0.716. The summed E-state index contributed by atoms with van der Waals surface area (Å²) in [6.07, 6.45) is 0. The van der Waals surface area contributed by atoms with Crippen LogP contribution in [0, 0.1) is 6.92 Å². The number of aromatic carboxylic acids is 1. The van der Waals surface area contributed by atoms with Gasteiger partial charge in [0.1, 0.15) is 0 Å². The third-order valence-corrected chi connectivity index (χ3v) is 1.85. The number of carbonyl (C=O) groups excluding carboxylic acids is 1. The molecular formula is C10H9NO5. The smallest absolute Gasteiger partial charge is 0.394 e. The predicted molar refractivity (Wildman–Crippen MR) is 54.4 cm³/mol. The normalized spacial score (nSPS) is 9.56. The summed E-state index contributed by atoms with van der Waals surface area (Å²) in [7, 11) is 0. The van der Waals surface area contributed by atoms with E-state index in [0.717, 1.165) is 0 Å². The van der Waals surface area contributed by atoms with Crippen LogP contribution in [0.25, 0.3) is 0 Å². The minimum atomic E-state index is -1.67. The summed E-state index contributed by atoms with van der Waals surface area (Å²) >= 11 is 0. The highest BCUT2D eigenvalue weighted by atomic mass is 16.4. The Morgan fingerprint density at radius 3 is 2.31 bits per heavy atom. The van der Waals surface area contributed by atoms with Gasteiger partial charge in [-0.05, 0) is 24.6 Å². The first-order chi connectivity index (χ1) is 7.41. The summed E-state index contributed by atoms with van der Waals surface area (Å²) in [6.45, 7) is 1.70. The van der Waals surface area contributed by atoms with Gasteiger partial charge >= 0.3 is 17.8 Å². The van der Waals surface area contributed by atoms with Crippen LogP contribution in [0.2, 0.25) is 0 Å². The number of anilines is 1. The Labute approximate surface area is 90.5 Å². The maximum atomic E-state index is 10.9. The van der Waals surface area contributed by atoms with Crippen LogP contribution in [0.4, 0.5) is 5.69 Å². The van der Waals surface area contributed by atoms with Crippen molar-refractivity contribution in [2.45, 2.75) is 6.92 Å². The molecule has 0 atom stereocenters. The van der Waals surface area contributed by atoms with Crippen LogP contribution in [-0.4, -0.2) is 28.1 Å². The third-order valence-electron chi connectivity index (χ3n) is 1.85. The van der Waals surface area contributed by atoms with E-state index in [2.05, 4.69) is 0 Å². The summed E-state index contributed by atoms with van der Waals surface area (Å²) in [5, 5.41) is 19.2. The van der Waals surface area contributed by atoms with Crippen molar-refractivity contribution < 1.29 is 24.6 Å². The largest absolute Gasteiger partial charge is 0.478 e. The number of carboxylic acid groups (broad SMARTS) is 2. The molecule has 0 aliphatic rings. The first kappa shape index (κ1) is 11.7. The lowest BCUT2D eigenvalue weighted by molar-refractivity contribution is -0.147. The molecule has 0 spiro atoms. The highest BCUT2D eigenvalue weighted by Crippen LogP contribution is 2.17. The van der Waals surface area contributed by atoms with Gasteiger partial charge < -0.3 is 15.5 Å². The Hall–Kier alpha value is -2.37. The first-order valence-corrected chi connectivity index (χ1v) is 4.30. The zero-order valence-corrected chi connectivity index (χ0v) is 8.35. The number of aliphatic carboxylic acids is 1. The number of benzene rings is 1. The molecule has 6 heteroatoms. The van der Waals surface area contributed by atoms with Gasteiger partial charge in [0.05, 0.1) is 11.3 Å². The molecule has 1 aromatic rings. The first-order valence-electron chi connectivity index (χ1n) is 4.30. The lowest BCUT2D eigenvalue weighted by Crippen LogP contribution is -2.23. The Morgan fingerprint density at radius 1 is 1.19 bits per heavy atom. The Bertz CT molecular complexity index is 466. The summed E-state index contributed by atoms with van der Waals surface area (Å²) < 4.78 is 0. The molecule has 0 aliphatic heterocycles. The molecule has 16 heavy (non-hydrogen) atoms. The molecule has 1 amide bonds. The Balaban J connectivity index is 3.10. The van der Waals surface area contributed by atoms with Crippen molar-refractivity contribution >= 4 is 23.5 Å². The van der Waals surface area contributed by atoms with Crippen molar-refractivity contribution in [1.29, 1.82) is 0 Å². The van der Waals surface area contributed by atoms with Crippen LogP contribution in [0.1, 0.15) is 15.9 Å². The van der Waals surface area contributed by atoms with Gasteiger partial charge in [-0.3, -0.25) is 4.79 Å². The van der Waals surface area contributed by atoms with Crippen LogP contribution >= 0.6 is 0 Å². The van der Waals surface area contributed by atoms with Crippen LogP contribution < -0.4 is 5.32 Å². The summed E-state index contributed by atoms with van der Waals surface area (Å²) in [6, 6.07) is 4.25. The van der Waals surface area contributed by atoms with E-state index in [1.165, 1.54) is 12.1 Å². The minimum absolute atomic E-state index is 0.0279. The van der Waals surface area contributed by atoms with E-state index in [9.17, 15) is 14.4 Å². The van der Waals surface area contributed by atoms with E-state index in [4.69, 9.17) is 10.2 Å². The van der Waals surface area contributed by atoms with Crippen LogP contribution in [0.15, 0.2) is 18.2 Å². The SMILES string of the molecule is Cc1ccc(C(=O)O)c(NC(=O)C(=O)O)c1. The van der Waals surface area contributed by atoms with Gasteiger partial charge in [-0.1, -0.05) is 6.07 Å². The summed E-state index contributed by atoms with van der Waals surface area (Å²) in [5.74, 6) is -4.17. The van der Waals surface area contributed by atoms with E-state index in [-0.39, 0.29) is 11.3 Å². The minimum Gasteiger partial charge on any atom is -0.478 e. The van der Waals surface area contributed by atoms with Crippen LogP contribution in [0.3, 0.4) is 0 Å². The molecule has 0 heterocycles. The van der Waals surface area contributed by atoms with Crippen LogP contribution in [0.5, 0.6) is 0 Å². The third kappa shape index (κ3) is 2.57. The fourth-order valence-electron chi connectivity index (χ4n) is 1.12. The van der Waals surface area contributed by atoms with E-state index in [0.29, 0.717) is 5.56 Å². The second-order valence-electron chi connectivity index (χ2n) is 3.11. The topological polar surface area (TPSA) is 104 Å². The maximum Gasteiger partial charge on any atom is 0.394 e. The Kier molecular flexibility index (Phi) is 3.24. The highest BCUT2D eigenvalue weighted by Gasteiger charge is 2.16. The number of nitrogens with one attached hydrogen (secondary N) is 1. The fourth-order valence-corrected chi connectivity index (χ4v) is 1.12. The van der Waals surface area contributed by atoms with Gasteiger partial charge in [-0.15, -0.1) is 0 Å². The van der Waals surface area contributed by atoms with Crippen molar-refractivity contribution in [1.82, 2.24) is 0 Å². The Morgan fingerprint density at radius 2 is 1.81 bits per heavy atom. The summed E-state index contributed by atoms with van der Waals surface area (Å²) in [4.78, 5) is 32.0. The lowest BCUT2D eigenvalue weighted by Gasteiger charge is -2.07. The zero-order valence-electron chi connectivity index (χ0n) is 8.35. The van der Waals surface area contributed by atoms with E-state index in [1.54, 1.807) is 13.0 Å². The van der Waals surface area contributed by atoms with Gasteiger partial charge in [0.25, 0.3) is 0 Å². The molecule has 84 valence electrons. The number of carbonyl (C=O) groups is 3. The van der Waals surface area contributed by atoms with Gasteiger partial charge in [-0.2, -0.15) is 0 Å². The van der Waals surface area contributed by atoms with Crippen molar-refractivity contribution in [3.63, 3.8) is 0 Å². The van der Waals surface area contributed by atoms with Gasteiger partial charge in [0.2, 0.25) is 0 Å². The zero-order chi connectivity index (χ0) is 12.3. The second kappa shape index (κ2) is 4.43. The molecule has 0 bridgehead atoms. The van der Waals surface area contributed by atoms with Crippen molar-refractivity contribution in [2.24, 2.45) is 0 Å². The summed E-state index contributed by atoms with van der Waals surface area (Å²) in [5.41, 5.74) is 0.533. The lowest BCUT2D eigenvalue weighted by atomic mass is 10.1. The molecule has 1 rings (SSSR count). The van der Waals surface area contributed by atoms with Crippen LogP contribution in [-0.2, 0) is 9.59 Å². The number of rotatable bonds is 2. The molecular weight excluding hydrogens is 214 g/mol. The van der Waals surface area contributed by atoms with E-state index >= 15 is 0 Å². The maximum absolute atomic E-state index is 10.9. The van der Waals surface area contributed by atoms with Crippen molar-refractivity contribution in [3.05, 3.63) is 29.3 Å². The number of aryl methyl sites for hydroxylation is 1. The number of carboxylic acids is 2. The van der Waals surface area contributed by atoms with E-state index in [1.807, 2.05) is 5.32 Å². The van der Waals surface area contributed by atoms with Gasteiger partial charge in [0, 0.05) is 0 Å². The van der Waals surface area contributed by atoms with Crippen molar-refractivity contribution in [3.8, 4) is 0 Å². The molecule has 0 saturated heterocycles. The number of hydrogen-bond acceptors (Lipinski definition) is 3. The quantitative estimate of drug-likeness (QED) is 0.641. The monoisotopic (exact) mass is 223 g/mol. The number of amides is 1. The molecule has 0 aromatic heterocycles. The van der Waals surface area contributed by atoms with Gasteiger partial charge in [0.15, 0.2) is 0 Å². The molecule has 0 radical (unpaired) electrons. The van der Waals surface area contributed by atoms with Gasteiger partial charge in [-0.25, -0.2) is 9.59 Å². The fraction of sp³-hybridized carbons (Fsp3) is 0.100. The molecule has 3 N–H and O–H groups in total. The van der Waals surface area contributed by atoms with E-state index < -0.39 is 17.8 Å². The molecule has 1 aromatic carbocycles. The molecule has 6 nitrogen and oxygen atoms in total. The average molecular weight is 223 g/mol. The second-order valence-corrected chi connectivity index (χ2v) is 3.11. The molecule has 0 fully saturated rings. The highest BCUT2D eigenvalue weighted by molar-refractivity contribution is 6.36. The van der Waals surface area contributed by atoms with Crippen molar-refractivity contribution in [2.75, 3.05) is 5.32 Å². The molecule has 0 aliphatic carbocycles. The average Bonchev–Trinajstić information content (AvgIpc) is 2.16. The molecule has 0 saturated carbocycles. The number of hydrogen-bond donors (Lipinski definition) is 3. The molecule has 0 unspecified atom stereocenters.